The molecule has 0 nitrogen and oxygen atoms in total. The summed E-state index contributed by atoms with van der Waals surface area (Å²) >= 11 is 0. The third-order valence-corrected chi connectivity index (χ3v) is 9.46. The zero-order valence-corrected chi connectivity index (χ0v) is 25.3. The molecule has 0 N–H and O–H groups in total. The average molecular weight is 583 g/mol. The van der Waals surface area contributed by atoms with Crippen molar-refractivity contribution < 1.29 is 0 Å². The lowest BCUT2D eigenvalue weighted by Gasteiger charge is -2.18. The molecule has 0 amide bonds. The Morgan fingerprint density at radius 2 is 0.609 bits per heavy atom. The minimum atomic E-state index is 1.23. The molecule has 9 rings (SSSR count). The average Bonchev–Trinajstić information content (AvgIpc) is 3.13. The van der Waals surface area contributed by atoms with Gasteiger partial charge in [-0.25, -0.2) is 0 Å². The van der Waals surface area contributed by atoms with E-state index in [1.165, 1.54) is 87.6 Å². The molecule has 0 unspecified atom stereocenters. The number of rotatable bonds is 4. The van der Waals surface area contributed by atoms with E-state index in [2.05, 4.69) is 182 Å². The molecule has 9 aromatic carbocycles. The molecule has 0 bridgehead atoms. The largest absolute Gasteiger partial charge is 0.0616 e. The quantitative estimate of drug-likeness (QED) is 0.181. The van der Waals surface area contributed by atoms with Crippen LogP contribution in [0.25, 0.3) is 87.6 Å². The first-order valence-electron chi connectivity index (χ1n) is 15.9. The second-order valence-electron chi connectivity index (χ2n) is 12.1. The van der Waals surface area contributed by atoms with Crippen LogP contribution in [0, 0.1) is 0 Å². The van der Waals surface area contributed by atoms with Gasteiger partial charge in [-0.05, 0) is 106 Å². The van der Waals surface area contributed by atoms with Crippen molar-refractivity contribution in [3.63, 3.8) is 0 Å². The van der Waals surface area contributed by atoms with E-state index >= 15 is 0 Å². The van der Waals surface area contributed by atoms with Gasteiger partial charge >= 0.3 is 0 Å². The van der Waals surface area contributed by atoms with Crippen molar-refractivity contribution in [2.24, 2.45) is 0 Å². The molecule has 46 heavy (non-hydrogen) atoms. The Hall–Kier alpha value is -5.98. The molecular formula is C46H30. The SMILES string of the molecule is c1ccc(-c2ccc(-c3ccccc3-c3cccc4ccccc34)c3cc4ccccc4cc23)c(-c2ccc3ccccc3c2)c1. The third-order valence-electron chi connectivity index (χ3n) is 9.46. The highest BCUT2D eigenvalue weighted by Gasteiger charge is 2.17. The van der Waals surface area contributed by atoms with Gasteiger partial charge in [0.1, 0.15) is 0 Å². The van der Waals surface area contributed by atoms with Gasteiger partial charge < -0.3 is 0 Å². The zero-order chi connectivity index (χ0) is 30.5. The summed E-state index contributed by atoms with van der Waals surface area (Å²) < 4.78 is 0. The highest BCUT2D eigenvalue weighted by molar-refractivity contribution is 6.14. The fourth-order valence-corrected chi connectivity index (χ4v) is 7.24. The van der Waals surface area contributed by atoms with Gasteiger partial charge in [0.05, 0.1) is 0 Å². The van der Waals surface area contributed by atoms with Crippen molar-refractivity contribution in [3.05, 3.63) is 182 Å². The normalized spacial score (nSPS) is 11.5. The van der Waals surface area contributed by atoms with Crippen molar-refractivity contribution in [1.29, 1.82) is 0 Å². The molecule has 0 fully saturated rings. The lowest BCUT2D eigenvalue weighted by molar-refractivity contribution is 1.60. The summed E-state index contributed by atoms with van der Waals surface area (Å²) in [7, 11) is 0. The Kier molecular flexibility index (Phi) is 6.25. The minimum absolute atomic E-state index is 1.23. The van der Waals surface area contributed by atoms with E-state index in [4.69, 9.17) is 0 Å². The van der Waals surface area contributed by atoms with Gasteiger partial charge in [0, 0.05) is 0 Å². The molecule has 0 saturated heterocycles. The molecule has 0 spiro atoms. The molecular weight excluding hydrogens is 553 g/mol. The maximum Gasteiger partial charge on any atom is -0.00926 e. The number of hydrogen-bond acceptors (Lipinski definition) is 0. The lowest BCUT2D eigenvalue weighted by Crippen LogP contribution is -1.92. The molecule has 0 saturated carbocycles. The summed E-state index contributed by atoms with van der Waals surface area (Å²) in [6.07, 6.45) is 0. The Balaban J connectivity index is 1.31. The van der Waals surface area contributed by atoms with Crippen LogP contribution in [0.3, 0.4) is 0 Å². The summed E-state index contributed by atoms with van der Waals surface area (Å²) in [5.74, 6) is 0. The first-order valence-corrected chi connectivity index (χ1v) is 15.9. The van der Waals surface area contributed by atoms with Crippen LogP contribution in [0.15, 0.2) is 182 Å². The maximum absolute atomic E-state index is 2.39. The van der Waals surface area contributed by atoms with Crippen molar-refractivity contribution in [2.75, 3.05) is 0 Å². The van der Waals surface area contributed by atoms with Crippen LogP contribution in [-0.2, 0) is 0 Å². The molecule has 0 radical (unpaired) electrons. The summed E-state index contributed by atoms with van der Waals surface area (Å²) in [4.78, 5) is 0. The van der Waals surface area contributed by atoms with E-state index in [0.29, 0.717) is 0 Å². The molecule has 0 heterocycles. The second kappa shape index (κ2) is 10.9. The molecule has 0 aromatic heterocycles. The molecule has 0 aliphatic carbocycles. The van der Waals surface area contributed by atoms with E-state index in [9.17, 15) is 0 Å². The molecule has 9 aromatic rings. The van der Waals surface area contributed by atoms with Crippen molar-refractivity contribution in [3.8, 4) is 44.5 Å². The molecule has 214 valence electrons. The topological polar surface area (TPSA) is 0 Å². The van der Waals surface area contributed by atoms with E-state index in [0.717, 1.165) is 0 Å². The van der Waals surface area contributed by atoms with Crippen LogP contribution in [-0.4, -0.2) is 0 Å². The van der Waals surface area contributed by atoms with E-state index in [1.54, 1.807) is 0 Å². The highest BCUT2D eigenvalue weighted by atomic mass is 14.2. The Morgan fingerprint density at radius 3 is 1.24 bits per heavy atom. The summed E-state index contributed by atoms with van der Waals surface area (Å²) in [6, 6.07) is 66.6. The molecule has 0 aliphatic heterocycles. The Bertz CT molecular complexity index is 2580. The van der Waals surface area contributed by atoms with E-state index in [-0.39, 0.29) is 0 Å². The van der Waals surface area contributed by atoms with Crippen LogP contribution >= 0.6 is 0 Å². The van der Waals surface area contributed by atoms with Crippen LogP contribution in [0.5, 0.6) is 0 Å². The second-order valence-corrected chi connectivity index (χ2v) is 12.1. The first kappa shape index (κ1) is 26.4. The fourth-order valence-electron chi connectivity index (χ4n) is 7.24. The van der Waals surface area contributed by atoms with E-state index in [1.807, 2.05) is 0 Å². The maximum atomic E-state index is 2.39. The van der Waals surface area contributed by atoms with Crippen LogP contribution < -0.4 is 0 Å². The van der Waals surface area contributed by atoms with Crippen molar-refractivity contribution >= 4 is 43.1 Å². The van der Waals surface area contributed by atoms with Crippen LogP contribution in [0.1, 0.15) is 0 Å². The van der Waals surface area contributed by atoms with Gasteiger partial charge in [-0.2, -0.15) is 0 Å². The number of benzene rings is 9. The van der Waals surface area contributed by atoms with Gasteiger partial charge in [0.15, 0.2) is 0 Å². The molecule has 0 aliphatic rings. The standard InChI is InChI=1S/C46H30/c1-2-14-33-28-36(25-24-31(33)12-1)38-19-7-8-20-39(38)43-26-27-44(46-30-35-16-4-3-15-34(35)29-45(43)46)42-22-10-9-21-41(42)40-23-11-17-32-13-5-6-18-37(32)40/h1-30H. The first-order chi connectivity index (χ1) is 22.8. The fraction of sp³-hybridized carbons (Fsp3) is 0. The number of hydrogen-bond donors (Lipinski definition) is 0. The highest BCUT2D eigenvalue weighted by Crippen LogP contribution is 2.44. The smallest absolute Gasteiger partial charge is 0.00926 e. The summed E-state index contributed by atoms with van der Waals surface area (Å²) in [6.45, 7) is 0. The molecule has 0 heteroatoms. The minimum Gasteiger partial charge on any atom is -0.0616 e. The van der Waals surface area contributed by atoms with Gasteiger partial charge in [-0.3, -0.25) is 0 Å². The van der Waals surface area contributed by atoms with Crippen molar-refractivity contribution in [2.45, 2.75) is 0 Å². The van der Waals surface area contributed by atoms with Gasteiger partial charge in [-0.1, -0.05) is 164 Å². The summed E-state index contributed by atoms with van der Waals surface area (Å²) in [5.41, 5.74) is 9.96. The molecule has 0 atom stereocenters. The van der Waals surface area contributed by atoms with Crippen LogP contribution in [0.4, 0.5) is 0 Å². The number of fused-ring (bicyclic) bond motifs is 4. The van der Waals surface area contributed by atoms with Gasteiger partial charge in [0.25, 0.3) is 0 Å². The Morgan fingerprint density at radius 1 is 0.196 bits per heavy atom. The Labute approximate surface area is 268 Å². The lowest BCUT2D eigenvalue weighted by atomic mass is 9.85. The zero-order valence-electron chi connectivity index (χ0n) is 25.3. The monoisotopic (exact) mass is 582 g/mol. The van der Waals surface area contributed by atoms with Gasteiger partial charge in [0.2, 0.25) is 0 Å². The third kappa shape index (κ3) is 4.38. The van der Waals surface area contributed by atoms with Crippen LogP contribution in [0.2, 0.25) is 0 Å². The predicted molar refractivity (Wildman–Crippen MR) is 198 cm³/mol. The van der Waals surface area contributed by atoms with Gasteiger partial charge in [-0.15, -0.1) is 0 Å². The van der Waals surface area contributed by atoms with Crippen molar-refractivity contribution in [1.82, 2.24) is 0 Å². The summed E-state index contributed by atoms with van der Waals surface area (Å²) in [5, 5.41) is 10.1. The predicted octanol–water partition coefficient (Wildman–Crippen LogP) is 13.0. The van der Waals surface area contributed by atoms with E-state index < -0.39 is 0 Å².